The average molecular weight is 732 g/mol. The van der Waals surface area contributed by atoms with E-state index in [1.165, 1.54) is 4.90 Å². The maximum absolute atomic E-state index is 14.9. The van der Waals surface area contributed by atoms with Gasteiger partial charge in [0.2, 0.25) is 5.91 Å². The molecule has 4 heterocycles. The molecule has 0 aliphatic carbocycles. The number of likely N-dealkylation sites (tertiary alicyclic amines) is 3. The minimum absolute atomic E-state index is 0.122. The molecular formula is C38H46F5N5O4. The third-order valence-corrected chi connectivity index (χ3v) is 11.6. The number of hydrogen-bond acceptors (Lipinski definition) is 6. The second-order valence-electron chi connectivity index (χ2n) is 14.8. The Labute approximate surface area is 300 Å². The number of hydrogen-bond donors (Lipinski definition) is 2. The van der Waals surface area contributed by atoms with E-state index in [9.17, 15) is 36.3 Å². The molecule has 0 bridgehead atoms. The summed E-state index contributed by atoms with van der Waals surface area (Å²) in [5.41, 5.74) is 2.84. The van der Waals surface area contributed by atoms with Crippen LogP contribution in [0.2, 0.25) is 0 Å². The number of nitrogens with two attached hydrogens (primary N) is 1. The Morgan fingerprint density at radius 1 is 0.962 bits per heavy atom. The Kier molecular flexibility index (Phi) is 10.6. The number of nitrogen functional groups attached to an aromatic ring is 1. The van der Waals surface area contributed by atoms with Crippen LogP contribution >= 0.6 is 0 Å². The van der Waals surface area contributed by atoms with Crippen LogP contribution in [0.4, 0.5) is 38.1 Å². The number of anilines is 2. The van der Waals surface area contributed by atoms with Gasteiger partial charge in [0, 0.05) is 55.7 Å². The van der Waals surface area contributed by atoms with Gasteiger partial charge in [-0.3, -0.25) is 9.59 Å². The number of fused-ring (bicyclic) bond motifs is 2. The number of piperidine rings is 3. The fraction of sp³-hybridized carbons (Fsp3) is 0.553. The summed E-state index contributed by atoms with van der Waals surface area (Å²) in [7, 11) is 2.09. The van der Waals surface area contributed by atoms with Crippen molar-refractivity contribution in [1.82, 2.24) is 14.7 Å². The topological polar surface area (TPSA) is 108 Å². The van der Waals surface area contributed by atoms with Crippen LogP contribution < -0.4 is 11.1 Å². The van der Waals surface area contributed by atoms with E-state index >= 15 is 0 Å². The van der Waals surface area contributed by atoms with E-state index < -0.39 is 58.9 Å². The lowest BCUT2D eigenvalue weighted by Gasteiger charge is -2.44. The number of para-hydroxylation sites is 1. The van der Waals surface area contributed by atoms with E-state index in [2.05, 4.69) is 23.8 Å². The molecule has 282 valence electrons. The zero-order valence-corrected chi connectivity index (χ0v) is 29.3. The minimum atomic E-state index is -5.07. The summed E-state index contributed by atoms with van der Waals surface area (Å²) in [5, 5.41) is 2.90. The predicted molar refractivity (Wildman–Crippen MR) is 186 cm³/mol. The summed E-state index contributed by atoms with van der Waals surface area (Å²) >= 11 is 0. The number of amides is 3. The molecule has 4 aliphatic heterocycles. The Bertz CT molecular complexity index is 1680. The quantitative estimate of drug-likeness (QED) is 0.190. The number of ether oxygens (including phenoxy) is 1. The van der Waals surface area contributed by atoms with Crippen molar-refractivity contribution in [2.45, 2.75) is 75.0 Å². The molecule has 2 aromatic rings. The third kappa shape index (κ3) is 7.77. The summed E-state index contributed by atoms with van der Waals surface area (Å²) in [4.78, 5) is 45.7. The van der Waals surface area contributed by atoms with Crippen molar-refractivity contribution in [3.05, 3.63) is 71.3 Å². The second-order valence-corrected chi connectivity index (χ2v) is 14.8. The highest BCUT2D eigenvalue weighted by Gasteiger charge is 2.45. The van der Waals surface area contributed by atoms with Crippen molar-refractivity contribution in [2.75, 3.05) is 57.4 Å². The van der Waals surface area contributed by atoms with E-state index in [4.69, 9.17) is 10.5 Å². The molecule has 52 heavy (non-hydrogen) atoms. The molecule has 2 aromatic carbocycles. The Hall–Kier alpha value is -4.20. The normalized spacial score (nSPS) is 21.0. The van der Waals surface area contributed by atoms with Gasteiger partial charge in [-0.15, -0.1) is 0 Å². The van der Waals surface area contributed by atoms with Crippen LogP contribution in [0.25, 0.3) is 0 Å². The zero-order chi connectivity index (χ0) is 37.4. The predicted octanol–water partition coefficient (Wildman–Crippen LogP) is 6.57. The second kappa shape index (κ2) is 14.7. The molecule has 3 saturated heterocycles. The molecule has 0 saturated carbocycles. The van der Waals surface area contributed by atoms with Crippen LogP contribution in [-0.4, -0.2) is 85.0 Å². The molecule has 9 nitrogen and oxygen atoms in total. The number of benzene rings is 2. The lowest BCUT2D eigenvalue weighted by Crippen LogP contribution is -2.51. The standard InChI is InChI=1S/C38H46F5N5O4/c1-3-37(39,40)28-20-24(21-29(33(28)44)38(41,42)43)22-31(34(50)47-16-10-26(11-17-47)25-8-14-46(2)15-9-25)52-35(51)48-18-12-36(13-19-48)23-32(49)45-30-7-5-4-6-27(30)36/h3-7,20-21,25-26,31H,1,8-19,22-23,44H2,2H3,(H,45,49)/t31-/m1/s1. The van der Waals surface area contributed by atoms with Gasteiger partial charge in [0.15, 0.2) is 6.10 Å². The SMILES string of the molecule is C=CC(F)(F)c1cc(C[C@@H](OC(=O)N2CCC3(CC2)CC(=O)Nc2ccccc23)C(=O)N2CCC(C3CCN(C)CC3)CC2)cc(C(F)(F)F)c1N. The zero-order valence-electron chi connectivity index (χ0n) is 29.3. The number of allylic oxidation sites excluding steroid dienone is 1. The van der Waals surface area contributed by atoms with E-state index in [0.29, 0.717) is 43.8 Å². The van der Waals surface area contributed by atoms with Crippen LogP contribution in [0, 0.1) is 11.8 Å². The van der Waals surface area contributed by atoms with Crippen molar-refractivity contribution in [3.8, 4) is 0 Å². The number of nitrogens with zero attached hydrogens (tertiary/aromatic N) is 3. The number of nitrogens with one attached hydrogen (secondary N) is 1. The molecule has 1 atom stereocenters. The first-order chi connectivity index (χ1) is 24.6. The van der Waals surface area contributed by atoms with Crippen LogP contribution in [-0.2, 0) is 38.3 Å². The molecule has 0 aromatic heterocycles. The van der Waals surface area contributed by atoms with Gasteiger partial charge in [0.05, 0.1) is 11.3 Å². The number of rotatable bonds is 7. The van der Waals surface area contributed by atoms with Crippen molar-refractivity contribution in [1.29, 1.82) is 0 Å². The van der Waals surface area contributed by atoms with Crippen LogP contribution in [0.15, 0.2) is 49.1 Å². The van der Waals surface area contributed by atoms with Crippen LogP contribution in [0.5, 0.6) is 0 Å². The molecule has 3 amide bonds. The highest BCUT2D eigenvalue weighted by Crippen LogP contribution is 2.45. The van der Waals surface area contributed by atoms with Crippen molar-refractivity contribution in [2.24, 2.45) is 11.8 Å². The van der Waals surface area contributed by atoms with Crippen molar-refractivity contribution in [3.63, 3.8) is 0 Å². The summed E-state index contributed by atoms with van der Waals surface area (Å²) in [6.07, 6.45) is -3.12. The van der Waals surface area contributed by atoms with Gasteiger partial charge in [0.25, 0.3) is 11.8 Å². The van der Waals surface area contributed by atoms with Crippen LogP contribution in [0.3, 0.4) is 0 Å². The number of halogens is 5. The van der Waals surface area contributed by atoms with Crippen molar-refractivity contribution < 1.29 is 41.1 Å². The Balaban J connectivity index is 1.23. The molecule has 0 unspecified atom stereocenters. The number of carbonyl (C=O) groups is 3. The number of alkyl halides is 5. The molecular weight excluding hydrogens is 685 g/mol. The summed E-state index contributed by atoms with van der Waals surface area (Å²) in [6.45, 7) is 6.25. The van der Waals surface area contributed by atoms with Crippen LogP contribution in [0.1, 0.15) is 67.2 Å². The Morgan fingerprint density at radius 3 is 2.17 bits per heavy atom. The van der Waals surface area contributed by atoms with Gasteiger partial charge < -0.3 is 30.5 Å². The molecule has 6 rings (SSSR count). The fourth-order valence-electron chi connectivity index (χ4n) is 8.55. The van der Waals surface area contributed by atoms with E-state index in [-0.39, 0.29) is 37.1 Å². The first kappa shape index (κ1) is 37.6. The van der Waals surface area contributed by atoms with E-state index in [1.54, 1.807) is 4.90 Å². The van der Waals surface area contributed by atoms with Gasteiger partial charge in [-0.2, -0.15) is 22.0 Å². The first-order valence-corrected chi connectivity index (χ1v) is 17.9. The van der Waals surface area contributed by atoms with Gasteiger partial charge in [0.1, 0.15) is 0 Å². The minimum Gasteiger partial charge on any atom is -0.436 e. The highest BCUT2D eigenvalue weighted by atomic mass is 19.4. The molecule has 3 N–H and O–H groups in total. The summed E-state index contributed by atoms with van der Waals surface area (Å²) in [6, 6.07) is 8.97. The highest BCUT2D eigenvalue weighted by molar-refractivity contribution is 5.95. The maximum Gasteiger partial charge on any atom is 0.418 e. The third-order valence-electron chi connectivity index (χ3n) is 11.6. The monoisotopic (exact) mass is 731 g/mol. The van der Waals surface area contributed by atoms with Crippen molar-refractivity contribution >= 4 is 29.3 Å². The molecule has 4 aliphatic rings. The fourth-order valence-corrected chi connectivity index (χ4v) is 8.55. The number of carbonyl (C=O) groups excluding carboxylic acids is 3. The Morgan fingerprint density at radius 2 is 1.56 bits per heavy atom. The summed E-state index contributed by atoms with van der Waals surface area (Å²) < 4.78 is 77.8. The maximum atomic E-state index is 14.9. The molecule has 1 spiro atoms. The first-order valence-electron chi connectivity index (χ1n) is 17.9. The molecule has 0 radical (unpaired) electrons. The van der Waals surface area contributed by atoms with E-state index in [0.717, 1.165) is 56.1 Å². The lowest BCUT2D eigenvalue weighted by atomic mass is 9.68. The lowest BCUT2D eigenvalue weighted by molar-refractivity contribution is -0.142. The largest absolute Gasteiger partial charge is 0.436 e. The van der Waals surface area contributed by atoms with Gasteiger partial charge >= 0.3 is 12.3 Å². The summed E-state index contributed by atoms with van der Waals surface area (Å²) in [5.74, 6) is -3.66. The molecule has 3 fully saturated rings. The molecule has 14 heteroatoms. The van der Waals surface area contributed by atoms with Gasteiger partial charge in [-0.05, 0) is 106 Å². The average Bonchev–Trinajstić information content (AvgIpc) is 3.11. The smallest absolute Gasteiger partial charge is 0.418 e. The van der Waals surface area contributed by atoms with Gasteiger partial charge in [-0.1, -0.05) is 24.8 Å². The van der Waals surface area contributed by atoms with Gasteiger partial charge in [-0.25, -0.2) is 4.79 Å². The van der Waals surface area contributed by atoms with E-state index in [1.807, 2.05) is 24.3 Å².